The molecule has 0 spiro atoms. The summed E-state index contributed by atoms with van der Waals surface area (Å²) in [7, 11) is 1.63. The summed E-state index contributed by atoms with van der Waals surface area (Å²) in [5.74, 6) is 1.37. The van der Waals surface area contributed by atoms with E-state index in [4.69, 9.17) is 9.47 Å². The first-order valence-electron chi connectivity index (χ1n) is 10.7. The van der Waals surface area contributed by atoms with E-state index in [1.807, 2.05) is 70.2 Å². The number of amides is 2. The van der Waals surface area contributed by atoms with Crippen LogP contribution in [-0.4, -0.2) is 29.9 Å². The summed E-state index contributed by atoms with van der Waals surface area (Å²) in [6.07, 6.45) is 0.476. The van der Waals surface area contributed by atoms with Gasteiger partial charge in [0.15, 0.2) is 6.10 Å². The molecule has 0 saturated carbocycles. The second-order valence-corrected chi connectivity index (χ2v) is 9.17. The quantitative estimate of drug-likeness (QED) is 0.725. The van der Waals surface area contributed by atoms with Gasteiger partial charge in [0.05, 0.1) is 7.11 Å². The number of carbonyl (C=O) groups is 2. The van der Waals surface area contributed by atoms with Crippen molar-refractivity contribution < 1.29 is 19.1 Å². The molecule has 2 aromatic carbocycles. The molecule has 0 aliphatic carbocycles. The van der Waals surface area contributed by atoms with Crippen LogP contribution in [-0.2, 0) is 22.7 Å². The van der Waals surface area contributed by atoms with Crippen LogP contribution < -0.4 is 14.8 Å². The number of methoxy groups -OCH3 is 1. The van der Waals surface area contributed by atoms with Crippen LogP contribution in [0, 0.1) is 5.41 Å². The molecule has 6 nitrogen and oxygen atoms in total. The van der Waals surface area contributed by atoms with Gasteiger partial charge in [-0.25, -0.2) is 0 Å². The summed E-state index contributed by atoms with van der Waals surface area (Å²) >= 11 is 0. The van der Waals surface area contributed by atoms with Crippen molar-refractivity contribution in [1.29, 1.82) is 0 Å². The lowest BCUT2D eigenvalue weighted by atomic mass is 9.92. The van der Waals surface area contributed by atoms with Gasteiger partial charge in [-0.1, -0.05) is 39.8 Å². The van der Waals surface area contributed by atoms with Crippen LogP contribution in [0.5, 0.6) is 11.5 Å². The maximum Gasteiger partial charge on any atom is 0.264 e. The Kier molecular flexibility index (Phi) is 6.88. The molecule has 1 atom stereocenters. The minimum absolute atomic E-state index is 0.0299. The number of hydrogen-bond donors (Lipinski definition) is 1. The predicted molar refractivity (Wildman–Crippen MR) is 121 cm³/mol. The predicted octanol–water partition coefficient (Wildman–Crippen LogP) is 4.77. The maximum absolute atomic E-state index is 13.1. The fraction of sp³-hybridized carbons (Fsp3) is 0.440. The van der Waals surface area contributed by atoms with Crippen LogP contribution >= 0.6 is 0 Å². The topological polar surface area (TPSA) is 67.9 Å². The summed E-state index contributed by atoms with van der Waals surface area (Å²) in [5, 5.41) is 2.97. The number of ether oxygens (including phenoxy) is 2. The first-order chi connectivity index (χ1) is 14.7. The SMILES string of the molecule is CC[C@@H]1Oc2ccc(NC(=O)CC(C)(C)C)cc2CN(Cc2cccc(OC)c2)C1=O. The maximum atomic E-state index is 13.1. The third-order valence-electron chi connectivity index (χ3n) is 5.13. The average Bonchev–Trinajstić information content (AvgIpc) is 2.83. The van der Waals surface area contributed by atoms with E-state index in [0.717, 1.165) is 16.9 Å². The number of carbonyl (C=O) groups excluding carboxylic acids is 2. The van der Waals surface area contributed by atoms with Crippen molar-refractivity contribution >= 4 is 17.5 Å². The van der Waals surface area contributed by atoms with Crippen LogP contribution in [0.4, 0.5) is 5.69 Å². The Morgan fingerprint density at radius 1 is 1.23 bits per heavy atom. The molecule has 3 rings (SSSR count). The van der Waals surface area contributed by atoms with Gasteiger partial charge >= 0.3 is 0 Å². The molecule has 0 fully saturated rings. The summed E-state index contributed by atoms with van der Waals surface area (Å²) in [5.41, 5.74) is 2.48. The van der Waals surface area contributed by atoms with Gasteiger partial charge < -0.3 is 19.7 Å². The molecule has 31 heavy (non-hydrogen) atoms. The smallest absolute Gasteiger partial charge is 0.264 e. The fourth-order valence-electron chi connectivity index (χ4n) is 3.66. The Hall–Kier alpha value is -3.02. The van der Waals surface area contributed by atoms with Crippen molar-refractivity contribution in [2.45, 2.75) is 59.7 Å². The molecule has 6 heteroatoms. The Balaban J connectivity index is 1.84. The number of anilines is 1. The van der Waals surface area contributed by atoms with Gasteiger partial charge in [-0.05, 0) is 47.7 Å². The zero-order valence-corrected chi connectivity index (χ0v) is 19.0. The molecule has 2 aromatic rings. The molecule has 0 aromatic heterocycles. The second kappa shape index (κ2) is 9.41. The number of nitrogens with one attached hydrogen (secondary N) is 1. The van der Waals surface area contributed by atoms with E-state index in [1.54, 1.807) is 12.0 Å². The van der Waals surface area contributed by atoms with Crippen LogP contribution in [0.1, 0.15) is 51.7 Å². The number of fused-ring (bicyclic) bond motifs is 1. The first-order valence-corrected chi connectivity index (χ1v) is 10.7. The molecule has 2 amide bonds. The van der Waals surface area contributed by atoms with Crippen LogP contribution in [0.3, 0.4) is 0 Å². The highest BCUT2D eigenvalue weighted by Gasteiger charge is 2.30. The molecule has 0 bridgehead atoms. The van der Waals surface area contributed by atoms with E-state index in [0.29, 0.717) is 37.4 Å². The van der Waals surface area contributed by atoms with Crippen molar-refractivity contribution in [2.24, 2.45) is 5.41 Å². The van der Waals surface area contributed by atoms with E-state index in [1.165, 1.54) is 0 Å². The van der Waals surface area contributed by atoms with Gasteiger partial charge in [0.1, 0.15) is 11.5 Å². The normalized spacial score (nSPS) is 16.2. The van der Waals surface area contributed by atoms with Gasteiger partial charge in [0.2, 0.25) is 5.91 Å². The lowest BCUT2D eigenvalue weighted by molar-refractivity contribution is -0.139. The van der Waals surface area contributed by atoms with Crippen molar-refractivity contribution in [3.8, 4) is 11.5 Å². The van der Waals surface area contributed by atoms with Gasteiger partial charge in [-0.2, -0.15) is 0 Å². The largest absolute Gasteiger partial charge is 0.497 e. The number of rotatable bonds is 6. The molecule has 1 heterocycles. The van der Waals surface area contributed by atoms with Crippen LogP contribution in [0.2, 0.25) is 0 Å². The van der Waals surface area contributed by atoms with E-state index >= 15 is 0 Å². The average molecular weight is 425 g/mol. The molecule has 1 aliphatic rings. The molecule has 166 valence electrons. The third-order valence-corrected chi connectivity index (χ3v) is 5.13. The fourth-order valence-corrected chi connectivity index (χ4v) is 3.66. The second-order valence-electron chi connectivity index (χ2n) is 9.17. The van der Waals surface area contributed by atoms with Crippen LogP contribution in [0.15, 0.2) is 42.5 Å². The Bertz CT molecular complexity index is 949. The highest BCUT2D eigenvalue weighted by molar-refractivity contribution is 5.91. The zero-order chi connectivity index (χ0) is 22.6. The monoisotopic (exact) mass is 424 g/mol. The van der Waals surface area contributed by atoms with Crippen LogP contribution in [0.25, 0.3) is 0 Å². The molecular formula is C25H32N2O4. The molecule has 1 N–H and O–H groups in total. The van der Waals surface area contributed by atoms with Crippen molar-refractivity contribution in [1.82, 2.24) is 4.90 Å². The van der Waals surface area contributed by atoms with Crippen molar-refractivity contribution in [3.63, 3.8) is 0 Å². The number of hydrogen-bond acceptors (Lipinski definition) is 4. The van der Waals surface area contributed by atoms with E-state index < -0.39 is 6.10 Å². The summed E-state index contributed by atoms with van der Waals surface area (Å²) in [4.78, 5) is 27.3. The molecule has 0 saturated heterocycles. The zero-order valence-electron chi connectivity index (χ0n) is 19.0. The van der Waals surface area contributed by atoms with Gasteiger partial charge in [-0.3, -0.25) is 9.59 Å². The summed E-state index contributed by atoms with van der Waals surface area (Å²) in [6.45, 7) is 8.90. The standard InChI is InChI=1S/C25H32N2O4/c1-6-21-24(29)27(15-17-8-7-9-20(12-17)30-5)16-18-13-19(10-11-22(18)31-21)26-23(28)14-25(2,3)4/h7-13,21H,6,14-16H2,1-5H3,(H,26,28)/t21-/m0/s1. The third kappa shape index (κ3) is 6.00. The van der Waals surface area contributed by atoms with Gasteiger partial charge in [0.25, 0.3) is 5.91 Å². The molecule has 0 radical (unpaired) electrons. The van der Waals surface area contributed by atoms with E-state index in [9.17, 15) is 9.59 Å². The summed E-state index contributed by atoms with van der Waals surface area (Å²) in [6, 6.07) is 13.3. The van der Waals surface area contributed by atoms with E-state index in [-0.39, 0.29) is 17.2 Å². The highest BCUT2D eigenvalue weighted by Crippen LogP contribution is 2.31. The molecule has 1 aliphatic heterocycles. The van der Waals surface area contributed by atoms with E-state index in [2.05, 4.69) is 5.32 Å². The van der Waals surface area contributed by atoms with Crippen molar-refractivity contribution in [2.75, 3.05) is 12.4 Å². The van der Waals surface area contributed by atoms with Gasteiger partial charge in [0, 0.05) is 30.8 Å². The summed E-state index contributed by atoms with van der Waals surface area (Å²) < 4.78 is 11.4. The Morgan fingerprint density at radius 2 is 2.00 bits per heavy atom. The number of benzene rings is 2. The minimum Gasteiger partial charge on any atom is -0.497 e. The minimum atomic E-state index is -0.534. The Labute approximate surface area is 184 Å². The first kappa shape index (κ1) is 22.7. The van der Waals surface area contributed by atoms with Gasteiger partial charge in [-0.15, -0.1) is 0 Å². The van der Waals surface area contributed by atoms with Crippen molar-refractivity contribution in [3.05, 3.63) is 53.6 Å². The number of nitrogens with zero attached hydrogens (tertiary/aromatic N) is 1. The highest BCUT2D eigenvalue weighted by atomic mass is 16.5. The Morgan fingerprint density at radius 3 is 2.68 bits per heavy atom. The molecule has 0 unspecified atom stereocenters. The lowest BCUT2D eigenvalue weighted by Crippen LogP contribution is -2.38. The molecular weight excluding hydrogens is 392 g/mol. The lowest BCUT2D eigenvalue weighted by Gasteiger charge is -2.23.